The average molecular weight is 355 g/mol. The number of benzene rings is 1. The molecule has 2 heterocycles. The van der Waals surface area contributed by atoms with E-state index in [2.05, 4.69) is 27.8 Å². The number of aliphatic hydroxyl groups excluding tert-OH is 1. The van der Waals surface area contributed by atoms with Crippen LogP contribution in [-0.2, 0) is 24.4 Å². The molecule has 1 aliphatic carbocycles. The fourth-order valence-electron chi connectivity index (χ4n) is 3.84. The minimum atomic E-state index is -0.383. The minimum Gasteiger partial charge on any atom is -0.386 e. The van der Waals surface area contributed by atoms with E-state index in [1.165, 1.54) is 17.7 Å². The lowest BCUT2D eigenvalue weighted by Crippen LogP contribution is -2.27. The molecule has 0 amide bonds. The summed E-state index contributed by atoms with van der Waals surface area (Å²) >= 11 is 0. The van der Waals surface area contributed by atoms with Gasteiger partial charge in [-0.1, -0.05) is 36.8 Å². The fourth-order valence-corrected chi connectivity index (χ4v) is 3.84. The van der Waals surface area contributed by atoms with Crippen molar-refractivity contribution in [2.75, 3.05) is 19.7 Å². The van der Waals surface area contributed by atoms with Crippen molar-refractivity contribution in [1.29, 1.82) is 0 Å². The molecule has 1 N–H and O–H groups in total. The van der Waals surface area contributed by atoms with Gasteiger partial charge in [0.1, 0.15) is 6.10 Å². The molecular weight excluding hydrogens is 326 g/mol. The van der Waals surface area contributed by atoms with E-state index < -0.39 is 0 Å². The van der Waals surface area contributed by atoms with Crippen molar-refractivity contribution >= 4 is 0 Å². The summed E-state index contributed by atoms with van der Waals surface area (Å²) in [6, 6.07) is 12.4. The van der Waals surface area contributed by atoms with Crippen molar-refractivity contribution in [1.82, 2.24) is 14.7 Å². The first-order valence-corrected chi connectivity index (χ1v) is 9.88. The lowest BCUT2D eigenvalue weighted by atomic mass is 9.80. The summed E-state index contributed by atoms with van der Waals surface area (Å²) in [6.07, 6.45) is 4.21. The Bertz CT molecular complexity index is 697. The summed E-state index contributed by atoms with van der Waals surface area (Å²) in [5.41, 5.74) is 3.31. The van der Waals surface area contributed by atoms with Crippen molar-refractivity contribution in [2.24, 2.45) is 5.92 Å². The third-order valence-electron chi connectivity index (χ3n) is 5.67. The summed E-state index contributed by atoms with van der Waals surface area (Å²) < 4.78 is 7.94. The molecule has 1 aromatic heterocycles. The van der Waals surface area contributed by atoms with Crippen molar-refractivity contribution < 1.29 is 9.84 Å². The van der Waals surface area contributed by atoms with Gasteiger partial charge in [-0.2, -0.15) is 5.10 Å². The topological polar surface area (TPSA) is 50.5 Å². The van der Waals surface area contributed by atoms with Gasteiger partial charge in [0.25, 0.3) is 0 Å². The molecule has 26 heavy (non-hydrogen) atoms. The smallest absolute Gasteiger partial charge is 0.101 e. The predicted molar refractivity (Wildman–Crippen MR) is 101 cm³/mol. The van der Waals surface area contributed by atoms with E-state index in [0.29, 0.717) is 12.5 Å². The maximum Gasteiger partial charge on any atom is 0.101 e. The van der Waals surface area contributed by atoms with Gasteiger partial charge in [0.05, 0.1) is 24.6 Å². The van der Waals surface area contributed by atoms with E-state index in [1.54, 1.807) is 0 Å². The van der Waals surface area contributed by atoms with Crippen molar-refractivity contribution in [3.8, 4) is 0 Å². The first-order valence-electron chi connectivity index (χ1n) is 9.88. The van der Waals surface area contributed by atoms with Crippen LogP contribution in [0.3, 0.4) is 0 Å². The van der Waals surface area contributed by atoms with Crippen LogP contribution in [0.1, 0.15) is 48.7 Å². The Morgan fingerprint density at radius 2 is 2.00 bits per heavy atom. The molecule has 2 aromatic rings. The number of aliphatic hydroxyl groups is 1. The summed E-state index contributed by atoms with van der Waals surface area (Å²) in [7, 11) is 0. The molecule has 2 aliphatic rings. The average Bonchev–Trinajstić information content (AvgIpc) is 2.91. The molecule has 0 saturated heterocycles. The lowest BCUT2D eigenvalue weighted by molar-refractivity contribution is 0.0580. The van der Waals surface area contributed by atoms with Crippen LogP contribution in [0.25, 0.3) is 0 Å². The normalized spacial score (nSPS) is 19.6. The maximum absolute atomic E-state index is 10.5. The van der Waals surface area contributed by atoms with E-state index in [9.17, 15) is 5.11 Å². The molecular formula is C21H29N3O2. The number of hydrogen-bond acceptors (Lipinski definition) is 4. The van der Waals surface area contributed by atoms with Gasteiger partial charge in [0.2, 0.25) is 0 Å². The second-order valence-electron chi connectivity index (χ2n) is 7.59. The monoisotopic (exact) mass is 355 g/mol. The highest BCUT2D eigenvalue weighted by Crippen LogP contribution is 2.37. The zero-order valence-electron chi connectivity index (χ0n) is 15.4. The number of rotatable bonds is 7. The lowest BCUT2D eigenvalue weighted by Gasteiger charge is -2.29. The molecule has 4 rings (SSSR count). The van der Waals surface area contributed by atoms with Gasteiger partial charge in [-0.05, 0) is 36.8 Å². The van der Waals surface area contributed by atoms with Crippen molar-refractivity contribution in [3.63, 3.8) is 0 Å². The van der Waals surface area contributed by atoms with Crippen LogP contribution in [-0.4, -0.2) is 39.5 Å². The van der Waals surface area contributed by atoms with E-state index >= 15 is 0 Å². The van der Waals surface area contributed by atoms with Gasteiger partial charge in [-0.15, -0.1) is 0 Å². The zero-order chi connectivity index (χ0) is 17.8. The van der Waals surface area contributed by atoms with E-state index in [1.807, 2.05) is 18.2 Å². The Morgan fingerprint density at radius 1 is 1.15 bits per heavy atom. The van der Waals surface area contributed by atoms with Crippen LogP contribution in [0.4, 0.5) is 0 Å². The third kappa shape index (κ3) is 4.17. The first-order chi connectivity index (χ1) is 12.8. The van der Waals surface area contributed by atoms with E-state index in [-0.39, 0.29) is 6.10 Å². The Morgan fingerprint density at radius 3 is 2.77 bits per heavy atom. The Kier molecular flexibility index (Phi) is 5.68. The molecule has 1 saturated carbocycles. The van der Waals surface area contributed by atoms with Gasteiger partial charge < -0.3 is 9.84 Å². The number of hydrogen-bond donors (Lipinski definition) is 1. The predicted octanol–water partition coefficient (Wildman–Crippen LogP) is 3.14. The maximum atomic E-state index is 10.5. The highest BCUT2D eigenvalue weighted by molar-refractivity contribution is 5.15. The zero-order valence-corrected chi connectivity index (χ0v) is 15.4. The molecule has 5 nitrogen and oxygen atoms in total. The van der Waals surface area contributed by atoms with Gasteiger partial charge in [-0.3, -0.25) is 9.58 Å². The Balaban J connectivity index is 1.29. The second kappa shape index (κ2) is 8.33. The standard InChI is InChI=1S/C21H29N3O2/c25-21(18-8-4-9-18)20-14-19-15-23(10-5-11-24(19)22-20)12-13-26-16-17-6-2-1-3-7-17/h1-3,6-7,14,18,21,25H,4-5,8-13,15-16H2/t21-/m1/s1. The number of fused-ring (bicyclic) bond motifs is 1. The SMILES string of the molecule is O[C@@H](c1cc2n(n1)CCCN(CCOCc1ccccc1)C2)C1CCC1. The second-order valence-corrected chi connectivity index (χ2v) is 7.59. The quantitative estimate of drug-likeness (QED) is 0.775. The van der Waals surface area contributed by atoms with Crippen molar-refractivity contribution in [3.05, 3.63) is 53.3 Å². The van der Waals surface area contributed by atoms with E-state index in [4.69, 9.17) is 9.84 Å². The summed E-state index contributed by atoms with van der Waals surface area (Å²) in [5.74, 6) is 0.414. The fraction of sp³-hybridized carbons (Fsp3) is 0.571. The van der Waals surface area contributed by atoms with Gasteiger partial charge in [0.15, 0.2) is 0 Å². The summed E-state index contributed by atoms with van der Waals surface area (Å²) in [6.45, 7) is 5.23. The Labute approximate surface area is 155 Å². The summed E-state index contributed by atoms with van der Waals surface area (Å²) in [5, 5.41) is 15.2. The molecule has 140 valence electrons. The first kappa shape index (κ1) is 17.7. The number of aryl methyl sites for hydroxylation is 1. The highest BCUT2D eigenvalue weighted by Gasteiger charge is 2.29. The molecule has 0 unspecified atom stereocenters. The van der Waals surface area contributed by atoms with Crippen molar-refractivity contribution in [2.45, 2.75) is 51.5 Å². The highest BCUT2D eigenvalue weighted by atomic mass is 16.5. The molecule has 1 atom stereocenters. The van der Waals surface area contributed by atoms with Crippen LogP contribution in [0.5, 0.6) is 0 Å². The number of nitrogens with zero attached hydrogens (tertiary/aromatic N) is 3. The van der Waals surface area contributed by atoms with Crippen LogP contribution in [0.15, 0.2) is 36.4 Å². The molecule has 1 aromatic carbocycles. The largest absolute Gasteiger partial charge is 0.386 e. The van der Waals surface area contributed by atoms with Crippen LogP contribution in [0.2, 0.25) is 0 Å². The van der Waals surface area contributed by atoms with Gasteiger partial charge in [0, 0.05) is 26.2 Å². The van der Waals surface area contributed by atoms with Gasteiger partial charge >= 0.3 is 0 Å². The van der Waals surface area contributed by atoms with Crippen LogP contribution < -0.4 is 0 Å². The molecule has 1 fully saturated rings. The van der Waals surface area contributed by atoms with Crippen LogP contribution >= 0.6 is 0 Å². The van der Waals surface area contributed by atoms with Crippen LogP contribution in [0, 0.1) is 5.92 Å². The number of aromatic nitrogens is 2. The minimum absolute atomic E-state index is 0.383. The number of ether oxygens (including phenoxy) is 1. The summed E-state index contributed by atoms with van der Waals surface area (Å²) in [4.78, 5) is 2.44. The molecule has 0 bridgehead atoms. The van der Waals surface area contributed by atoms with Gasteiger partial charge in [-0.25, -0.2) is 0 Å². The Hall–Kier alpha value is -1.69. The molecule has 0 spiro atoms. The molecule has 0 radical (unpaired) electrons. The van der Waals surface area contributed by atoms with E-state index in [0.717, 1.165) is 57.7 Å². The molecule has 1 aliphatic heterocycles. The third-order valence-corrected chi connectivity index (χ3v) is 5.67. The molecule has 5 heteroatoms.